The van der Waals surface area contributed by atoms with Crippen LogP contribution in [0.4, 0.5) is 0 Å². The minimum atomic E-state index is 0.170. The van der Waals surface area contributed by atoms with Gasteiger partial charge in [-0.2, -0.15) is 0 Å². The number of guanidine groups is 1. The molecular weight excluding hydrogens is 288 g/mol. The van der Waals surface area contributed by atoms with Gasteiger partial charge in [0.2, 0.25) is 5.91 Å². The molecule has 0 aromatic carbocycles. The van der Waals surface area contributed by atoms with Crippen molar-refractivity contribution in [1.82, 2.24) is 15.5 Å². The lowest BCUT2D eigenvalue weighted by Crippen LogP contribution is -2.39. The smallest absolute Gasteiger partial charge is 0.220 e. The van der Waals surface area contributed by atoms with Gasteiger partial charge in [0, 0.05) is 39.1 Å². The Morgan fingerprint density at radius 1 is 1.30 bits per heavy atom. The van der Waals surface area contributed by atoms with Crippen molar-refractivity contribution in [2.45, 2.75) is 64.3 Å². The summed E-state index contributed by atoms with van der Waals surface area (Å²) in [5, 5.41) is 6.34. The summed E-state index contributed by atoms with van der Waals surface area (Å²) in [5.41, 5.74) is 0. The molecule has 0 aromatic rings. The van der Waals surface area contributed by atoms with Crippen LogP contribution >= 0.6 is 0 Å². The molecule has 1 saturated carbocycles. The SMILES string of the molecule is C=CCCCCCN(C)C(=NCCCC(=O)NC1CC1)NCC. The van der Waals surface area contributed by atoms with E-state index in [0.29, 0.717) is 19.0 Å². The Kier molecular flexibility index (Phi) is 10.2. The van der Waals surface area contributed by atoms with Gasteiger partial charge in [0.05, 0.1) is 0 Å². The highest BCUT2D eigenvalue weighted by Crippen LogP contribution is 2.18. The van der Waals surface area contributed by atoms with Crippen molar-refractivity contribution in [2.75, 3.05) is 26.7 Å². The van der Waals surface area contributed by atoms with Gasteiger partial charge in [-0.25, -0.2) is 0 Å². The van der Waals surface area contributed by atoms with Crippen LogP contribution in [0.5, 0.6) is 0 Å². The van der Waals surface area contributed by atoms with Gasteiger partial charge in [-0.15, -0.1) is 6.58 Å². The molecule has 0 saturated heterocycles. The third kappa shape index (κ3) is 9.97. The summed E-state index contributed by atoms with van der Waals surface area (Å²) in [6, 6.07) is 0.454. The number of amides is 1. The summed E-state index contributed by atoms with van der Waals surface area (Å²) in [6.45, 7) is 8.39. The molecular formula is C18H34N4O. The molecule has 2 N–H and O–H groups in total. The normalized spacial score (nSPS) is 14.4. The lowest BCUT2D eigenvalue weighted by Gasteiger charge is -2.22. The van der Waals surface area contributed by atoms with Crippen molar-refractivity contribution >= 4 is 11.9 Å². The average molecular weight is 322 g/mol. The second kappa shape index (κ2) is 12.0. The molecule has 0 bridgehead atoms. The van der Waals surface area contributed by atoms with E-state index in [1.165, 1.54) is 19.3 Å². The maximum absolute atomic E-state index is 11.6. The lowest BCUT2D eigenvalue weighted by molar-refractivity contribution is -0.121. The van der Waals surface area contributed by atoms with E-state index in [-0.39, 0.29) is 5.91 Å². The summed E-state index contributed by atoms with van der Waals surface area (Å²) in [7, 11) is 2.08. The summed E-state index contributed by atoms with van der Waals surface area (Å²) >= 11 is 0. The number of nitrogens with one attached hydrogen (secondary N) is 2. The third-order valence-electron chi connectivity index (χ3n) is 3.86. The molecule has 1 amide bonds. The molecule has 1 fully saturated rings. The highest BCUT2D eigenvalue weighted by Gasteiger charge is 2.22. The van der Waals surface area contributed by atoms with Gasteiger partial charge in [-0.3, -0.25) is 9.79 Å². The molecule has 5 nitrogen and oxygen atoms in total. The van der Waals surface area contributed by atoms with Crippen molar-refractivity contribution in [3.05, 3.63) is 12.7 Å². The Hall–Kier alpha value is -1.52. The number of allylic oxidation sites excluding steroid dienone is 1. The van der Waals surface area contributed by atoms with Crippen LogP contribution in [0, 0.1) is 0 Å². The molecule has 5 heteroatoms. The van der Waals surface area contributed by atoms with Crippen LogP contribution in [0.2, 0.25) is 0 Å². The first-order valence-corrected chi connectivity index (χ1v) is 9.07. The van der Waals surface area contributed by atoms with E-state index >= 15 is 0 Å². The molecule has 23 heavy (non-hydrogen) atoms. The third-order valence-corrected chi connectivity index (χ3v) is 3.86. The quantitative estimate of drug-likeness (QED) is 0.251. The number of carbonyl (C=O) groups is 1. The highest BCUT2D eigenvalue weighted by molar-refractivity contribution is 5.79. The topological polar surface area (TPSA) is 56.7 Å². The predicted molar refractivity (Wildman–Crippen MR) is 97.7 cm³/mol. The van der Waals surface area contributed by atoms with Crippen molar-refractivity contribution in [3.63, 3.8) is 0 Å². The van der Waals surface area contributed by atoms with E-state index in [1.54, 1.807) is 0 Å². The van der Waals surface area contributed by atoms with E-state index < -0.39 is 0 Å². The fourth-order valence-corrected chi connectivity index (χ4v) is 2.34. The van der Waals surface area contributed by atoms with Crippen LogP contribution in [0.15, 0.2) is 17.6 Å². The number of aliphatic imine (C=N–C) groups is 1. The van der Waals surface area contributed by atoms with Gasteiger partial charge < -0.3 is 15.5 Å². The van der Waals surface area contributed by atoms with Crippen LogP contribution in [0.1, 0.15) is 58.3 Å². The summed E-state index contributed by atoms with van der Waals surface area (Å²) in [4.78, 5) is 18.4. The van der Waals surface area contributed by atoms with Crippen molar-refractivity contribution in [1.29, 1.82) is 0 Å². The minimum Gasteiger partial charge on any atom is -0.357 e. The van der Waals surface area contributed by atoms with Gasteiger partial charge >= 0.3 is 0 Å². The van der Waals surface area contributed by atoms with Crippen LogP contribution in [-0.4, -0.2) is 49.5 Å². The zero-order valence-corrected chi connectivity index (χ0v) is 14.9. The van der Waals surface area contributed by atoms with Gasteiger partial charge in [-0.05, 0) is 45.4 Å². The maximum atomic E-state index is 11.6. The largest absolute Gasteiger partial charge is 0.357 e. The first-order chi connectivity index (χ1) is 11.2. The number of carbonyl (C=O) groups excluding carboxylic acids is 1. The van der Waals surface area contributed by atoms with Crippen LogP contribution in [0.25, 0.3) is 0 Å². The van der Waals surface area contributed by atoms with Crippen molar-refractivity contribution in [2.24, 2.45) is 4.99 Å². The molecule has 0 heterocycles. The van der Waals surface area contributed by atoms with E-state index in [4.69, 9.17) is 0 Å². The number of unbranched alkanes of at least 4 members (excludes halogenated alkanes) is 3. The standard InChI is InChI=1S/C18H34N4O/c1-4-6-7-8-9-15-22(3)18(19-5-2)20-14-10-11-17(23)21-16-12-13-16/h4,16H,1,5-15H2,2-3H3,(H,19,20)(H,21,23). The van der Waals surface area contributed by atoms with Gasteiger partial charge in [0.25, 0.3) is 0 Å². The number of hydrogen-bond donors (Lipinski definition) is 2. The molecule has 0 atom stereocenters. The Balaban J connectivity index is 2.21. The molecule has 0 spiro atoms. The molecule has 0 aromatic heterocycles. The molecule has 132 valence electrons. The van der Waals surface area contributed by atoms with E-state index in [0.717, 1.165) is 44.7 Å². The lowest BCUT2D eigenvalue weighted by atomic mass is 10.2. The Morgan fingerprint density at radius 2 is 2.09 bits per heavy atom. The van der Waals surface area contributed by atoms with Gasteiger partial charge in [-0.1, -0.05) is 12.5 Å². The fraction of sp³-hybridized carbons (Fsp3) is 0.778. The molecule has 0 radical (unpaired) electrons. The Labute approximate surface area is 141 Å². The van der Waals surface area contributed by atoms with Crippen LogP contribution in [-0.2, 0) is 4.79 Å². The Bertz CT molecular complexity index is 377. The number of nitrogens with zero attached hydrogens (tertiary/aromatic N) is 2. The molecule has 1 aliphatic rings. The zero-order chi connectivity index (χ0) is 16.9. The summed E-state index contributed by atoms with van der Waals surface area (Å²) in [5.74, 6) is 1.11. The fourth-order valence-electron chi connectivity index (χ4n) is 2.34. The average Bonchev–Trinajstić information content (AvgIpc) is 3.33. The molecule has 1 aliphatic carbocycles. The van der Waals surface area contributed by atoms with Gasteiger partial charge in [0.15, 0.2) is 5.96 Å². The van der Waals surface area contributed by atoms with Crippen molar-refractivity contribution < 1.29 is 4.79 Å². The highest BCUT2D eigenvalue weighted by atomic mass is 16.1. The predicted octanol–water partition coefficient (Wildman–Crippen LogP) is 2.69. The maximum Gasteiger partial charge on any atom is 0.220 e. The Morgan fingerprint density at radius 3 is 2.74 bits per heavy atom. The number of rotatable bonds is 12. The summed E-state index contributed by atoms with van der Waals surface area (Å²) in [6.07, 6.45) is 10.3. The second-order valence-corrected chi connectivity index (χ2v) is 6.24. The molecule has 0 aliphatic heterocycles. The van der Waals surface area contributed by atoms with Crippen LogP contribution in [0.3, 0.4) is 0 Å². The molecule has 1 rings (SSSR count). The van der Waals surface area contributed by atoms with E-state index in [2.05, 4.69) is 41.1 Å². The van der Waals surface area contributed by atoms with Crippen LogP contribution < -0.4 is 10.6 Å². The minimum absolute atomic E-state index is 0.170. The van der Waals surface area contributed by atoms with Gasteiger partial charge in [0.1, 0.15) is 0 Å². The second-order valence-electron chi connectivity index (χ2n) is 6.24. The first-order valence-electron chi connectivity index (χ1n) is 9.07. The molecule has 0 unspecified atom stereocenters. The van der Waals surface area contributed by atoms with Crippen molar-refractivity contribution in [3.8, 4) is 0 Å². The monoisotopic (exact) mass is 322 g/mol. The number of hydrogen-bond acceptors (Lipinski definition) is 2. The summed E-state index contributed by atoms with van der Waals surface area (Å²) < 4.78 is 0. The van der Waals surface area contributed by atoms with E-state index in [1.807, 2.05) is 6.08 Å². The first kappa shape index (κ1) is 19.5. The zero-order valence-electron chi connectivity index (χ0n) is 14.9. The van der Waals surface area contributed by atoms with E-state index in [9.17, 15) is 4.79 Å².